The fourth-order valence-electron chi connectivity index (χ4n) is 1.79. The lowest BCUT2D eigenvalue weighted by Crippen LogP contribution is -2.19. The second kappa shape index (κ2) is 8.70. The van der Waals surface area contributed by atoms with Gasteiger partial charge in [0.15, 0.2) is 6.29 Å². The molecule has 0 radical (unpaired) electrons. The predicted molar refractivity (Wildman–Crippen MR) is 81.5 cm³/mol. The molecule has 2 aromatic carbocycles. The summed E-state index contributed by atoms with van der Waals surface area (Å²) in [6, 6.07) is 19.8. The first-order valence-electron chi connectivity index (χ1n) is 6.63. The molecule has 0 aliphatic carbocycles. The lowest BCUT2D eigenvalue weighted by molar-refractivity contribution is -0.142. The monoisotopic (exact) mass is 290 g/mol. The molecule has 0 saturated carbocycles. The van der Waals surface area contributed by atoms with Gasteiger partial charge in [0.2, 0.25) is 0 Å². The summed E-state index contributed by atoms with van der Waals surface area (Å²) in [6.07, 6.45) is 0.0301. The molecular formula is C16H19O3P. The van der Waals surface area contributed by atoms with E-state index >= 15 is 0 Å². The van der Waals surface area contributed by atoms with Crippen molar-refractivity contribution in [2.45, 2.75) is 19.5 Å². The Kier molecular flexibility index (Phi) is 6.52. The molecule has 0 bridgehead atoms. The van der Waals surface area contributed by atoms with Crippen LogP contribution in [0, 0.1) is 0 Å². The van der Waals surface area contributed by atoms with Crippen LogP contribution in [-0.2, 0) is 27.3 Å². The minimum Gasteiger partial charge on any atom is -0.348 e. The molecule has 3 nitrogen and oxygen atoms in total. The van der Waals surface area contributed by atoms with E-state index in [1.807, 2.05) is 60.7 Å². The van der Waals surface area contributed by atoms with Crippen molar-refractivity contribution in [1.29, 1.82) is 0 Å². The number of ether oxygens (including phenoxy) is 2. The highest BCUT2D eigenvalue weighted by molar-refractivity contribution is 7.23. The van der Waals surface area contributed by atoms with Crippen LogP contribution in [-0.4, -0.2) is 12.5 Å². The van der Waals surface area contributed by atoms with Crippen LogP contribution < -0.4 is 0 Å². The Morgan fingerprint density at radius 2 is 1.25 bits per heavy atom. The van der Waals surface area contributed by atoms with Crippen molar-refractivity contribution in [3.63, 3.8) is 0 Å². The van der Waals surface area contributed by atoms with Crippen molar-refractivity contribution in [1.82, 2.24) is 0 Å². The normalized spacial score (nSPS) is 11.4. The van der Waals surface area contributed by atoms with E-state index in [9.17, 15) is 4.57 Å². The Morgan fingerprint density at radius 3 is 1.65 bits per heavy atom. The molecule has 4 heteroatoms. The van der Waals surface area contributed by atoms with E-state index in [2.05, 4.69) is 0 Å². The highest BCUT2D eigenvalue weighted by Crippen LogP contribution is 2.11. The Bertz CT molecular complexity index is 458. The highest BCUT2D eigenvalue weighted by Gasteiger charge is 2.09. The van der Waals surface area contributed by atoms with Crippen molar-refractivity contribution < 1.29 is 14.0 Å². The Balaban J connectivity index is 1.82. The fraction of sp³-hybridized carbons (Fsp3) is 0.250. The van der Waals surface area contributed by atoms with Gasteiger partial charge in [-0.05, 0) is 11.1 Å². The van der Waals surface area contributed by atoms with E-state index in [-0.39, 0.29) is 0 Å². The van der Waals surface area contributed by atoms with Crippen LogP contribution in [0.3, 0.4) is 0 Å². The minimum absolute atomic E-state index is 0.414. The topological polar surface area (TPSA) is 35.5 Å². The van der Waals surface area contributed by atoms with Crippen LogP contribution in [0.15, 0.2) is 60.7 Å². The van der Waals surface area contributed by atoms with E-state index in [1.54, 1.807) is 0 Å². The molecule has 0 aliphatic rings. The summed E-state index contributed by atoms with van der Waals surface area (Å²) in [5.41, 5.74) is 2.17. The first kappa shape index (κ1) is 15.0. The maximum atomic E-state index is 10.9. The van der Waals surface area contributed by atoms with Crippen LogP contribution in [0.25, 0.3) is 0 Å². The molecule has 1 unspecified atom stereocenters. The number of hydrogen-bond acceptors (Lipinski definition) is 3. The standard InChI is InChI=1S/C16H19O3P/c17-20-13-16(18-11-14-7-3-1-4-8-14)19-12-15-9-5-2-6-10-15/h1-10,16H,11-13,20H2. The van der Waals surface area contributed by atoms with Crippen LogP contribution in [0.2, 0.25) is 0 Å². The molecule has 106 valence electrons. The van der Waals surface area contributed by atoms with Crippen LogP contribution in [0.4, 0.5) is 0 Å². The number of rotatable bonds is 8. The molecule has 0 saturated heterocycles. The first-order chi connectivity index (χ1) is 9.88. The lowest BCUT2D eigenvalue weighted by Gasteiger charge is -2.16. The molecule has 2 aromatic rings. The molecule has 0 N–H and O–H groups in total. The zero-order chi connectivity index (χ0) is 14.0. The fourth-order valence-corrected chi connectivity index (χ4v) is 2.22. The van der Waals surface area contributed by atoms with Gasteiger partial charge in [0, 0.05) is 6.16 Å². The Labute approximate surface area is 120 Å². The predicted octanol–water partition coefficient (Wildman–Crippen LogP) is 3.50. The maximum Gasteiger partial charge on any atom is 0.164 e. The molecule has 0 aromatic heterocycles. The van der Waals surface area contributed by atoms with Crippen molar-refractivity contribution in [3.05, 3.63) is 71.8 Å². The SMILES string of the molecule is O=[PH2]CC(OCc1ccccc1)OCc1ccccc1. The van der Waals surface area contributed by atoms with Crippen molar-refractivity contribution in [3.8, 4) is 0 Å². The zero-order valence-electron chi connectivity index (χ0n) is 11.3. The summed E-state index contributed by atoms with van der Waals surface area (Å²) in [5.74, 6) is 0. The lowest BCUT2D eigenvalue weighted by atomic mass is 10.2. The molecule has 0 fully saturated rings. The quantitative estimate of drug-likeness (QED) is 0.551. The highest BCUT2D eigenvalue weighted by atomic mass is 31.1. The van der Waals surface area contributed by atoms with E-state index in [1.165, 1.54) is 0 Å². The molecule has 20 heavy (non-hydrogen) atoms. The molecule has 0 heterocycles. The van der Waals surface area contributed by atoms with Gasteiger partial charge in [-0.15, -0.1) is 0 Å². The Hall–Kier alpha value is -1.41. The summed E-state index contributed by atoms with van der Waals surface area (Å²) in [5, 5.41) is 0. The van der Waals surface area contributed by atoms with Gasteiger partial charge in [0.1, 0.15) is 0 Å². The second-order valence-electron chi connectivity index (χ2n) is 4.43. The molecule has 0 spiro atoms. The van der Waals surface area contributed by atoms with E-state index in [0.717, 1.165) is 11.1 Å². The van der Waals surface area contributed by atoms with E-state index in [0.29, 0.717) is 19.4 Å². The summed E-state index contributed by atoms with van der Waals surface area (Å²) >= 11 is 0. The third kappa shape index (κ3) is 5.30. The minimum atomic E-state index is -0.880. The van der Waals surface area contributed by atoms with Crippen molar-refractivity contribution >= 4 is 8.46 Å². The third-order valence-corrected chi connectivity index (χ3v) is 3.42. The van der Waals surface area contributed by atoms with Gasteiger partial charge in [-0.2, -0.15) is 0 Å². The summed E-state index contributed by atoms with van der Waals surface area (Å²) in [6.45, 7) is 0.944. The second-order valence-corrected chi connectivity index (χ2v) is 5.23. The van der Waals surface area contributed by atoms with E-state index < -0.39 is 14.8 Å². The third-order valence-electron chi connectivity index (χ3n) is 2.85. The zero-order valence-corrected chi connectivity index (χ0v) is 12.4. The Morgan fingerprint density at radius 1 is 0.800 bits per heavy atom. The summed E-state index contributed by atoms with van der Waals surface area (Å²) in [7, 11) is -0.880. The largest absolute Gasteiger partial charge is 0.348 e. The molecule has 2 rings (SSSR count). The van der Waals surface area contributed by atoms with Gasteiger partial charge in [0.05, 0.1) is 21.7 Å². The van der Waals surface area contributed by atoms with Gasteiger partial charge in [0.25, 0.3) is 0 Å². The van der Waals surface area contributed by atoms with Crippen LogP contribution in [0.1, 0.15) is 11.1 Å². The molecule has 0 amide bonds. The van der Waals surface area contributed by atoms with E-state index in [4.69, 9.17) is 9.47 Å². The average Bonchev–Trinajstić information content (AvgIpc) is 2.52. The van der Waals surface area contributed by atoms with Crippen molar-refractivity contribution in [2.75, 3.05) is 6.16 Å². The van der Waals surface area contributed by atoms with Gasteiger partial charge in [-0.3, -0.25) is 0 Å². The van der Waals surface area contributed by atoms with Gasteiger partial charge in [-0.25, -0.2) is 0 Å². The average molecular weight is 290 g/mol. The smallest absolute Gasteiger partial charge is 0.164 e. The van der Waals surface area contributed by atoms with Gasteiger partial charge < -0.3 is 14.0 Å². The van der Waals surface area contributed by atoms with Crippen LogP contribution in [0.5, 0.6) is 0 Å². The number of hydrogen-bond donors (Lipinski definition) is 0. The van der Waals surface area contributed by atoms with Gasteiger partial charge in [-0.1, -0.05) is 60.7 Å². The van der Waals surface area contributed by atoms with Gasteiger partial charge >= 0.3 is 0 Å². The maximum absolute atomic E-state index is 10.9. The summed E-state index contributed by atoms with van der Waals surface area (Å²) in [4.78, 5) is 0. The molecule has 0 aliphatic heterocycles. The van der Waals surface area contributed by atoms with Crippen LogP contribution >= 0.6 is 8.46 Å². The molecular weight excluding hydrogens is 271 g/mol. The summed E-state index contributed by atoms with van der Waals surface area (Å²) < 4.78 is 22.3. The first-order valence-corrected chi connectivity index (χ1v) is 7.92. The number of benzene rings is 2. The molecule has 1 atom stereocenters. The van der Waals surface area contributed by atoms with Crippen molar-refractivity contribution in [2.24, 2.45) is 0 Å².